The maximum absolute atomic E-state index is 6.17. The summed E-state index contributed by atoms with van der Waals surface area (Å²) in [5.74, 6) is 2.48. The minimum absolute atomic E-state index is 0.701. The molecule has 2 heterocycles. The SMILES string of the molecule is COc1ccc(-c2nn(-c3ccc(Cl)cc3C)c3c2CCCCN3)cc1OC. The Morgan fingerprint density at radius 1 is 1.04 bits per heavy atom. The Kier molecular flexibility index (Phi) is 5.18. The van der Waals surface area contributed by atoms with Crippen LogP contribution >= 0.6 is 11.6 Å². The van der Waals surface area contributed by atoms with Gasteiger partial charge in [-0.2, -0.15) is 5.10 Å². The molecule has 0 saturated carbocycles. The first-order valence-corrected chi connectivity index (χ1v) is 9.85. The summed E-state index contributed by atoms with van der Waals surface area (Å²) in [6.07, 6.45) is 3.25. The van der Waals surface area contributed by atoms with Crippen LogP contribution in [-0.4, -0.2) is 30.5 Å². The smallest absolute Gasteiger partial charge is 0.161 e. The molecule has 0 aliphatic carbocycles. The number of hydrogen-bond acceptors (Lipinski definition) is 4. The van der Waals surface area contributed by atoms with Crippen molar-refractivity contribution in [2.45, 2.75) is 26.2 Å². The van der Waals surface area contributed by atoms with E-state index in [2.05, 4.69) is 12.2 Å². The number of halogens is 1. The molecule has 1 aromatic heterocycles. The van der Waals surface area contributed by atoms with Gasteiger partial charge in [-0.25, -0.2) is 4.68 Å². The number of rotatable bonds is 4. The molecule has 2 aromatic carbocycles. The second-order valence-electron chi connectivity index (χ2n) is 6.97. The third-order valence-corrected chi connectivity index (χ3v) is 5.41. The number of anilines is 1. The Morgan fingerprint density at radius 2 is 1.86 bits per heavy atom. The first-order valence-electron chi connectivity index (χ1n) is 9.47. The first kappa shape index (κ1) is 18.7. The molecule has 1 N–H and O–H groups in total. The molecule has 3 aromatic rings. The quantitative estimate of drug-likeness (QED) is 0.651. The molecular formula is C22H24ClN3O2. The van der Waals surface area contributed by atoms with Gasteiger partial charge in [0.25, 0.3) is 0 Å². The molecule has 0 spiro atoms. The van der Waals surface area contributed by atoms with Gasteiger partial charge in [-0.3, -0.25) is 0 Å². The Balaban J connectivity index is 1.90. The monoisotopic (exact) mass is 397 g/mol. The summed E-state index contributed by atoms with van der Waals surface area (Å²) in [5.41, 5.74) is 5.34. The zero-order chi connectivity index (χ0) is 19.7. The van der Waals surface area contributed by atoms with E-state index in [0.29, 0.717) is 11.5 Å². The molecule has 0 radical (unpaired) electrons. The number of ether oxygens (including phenoxy) is 2. The third kappa shape index (κ3) is 3.31. The normalized spacial score (nSPS) is 13.4. The van der Waals surface area contributed by atoms with Crippen molar-refractivity contribution in [2.75, 3.05) is 26.1 Å². The largest absolute Gasteiger partial charge is 0.493 e. The number of nitrogens with zero attached hydrogens (tertiary/aromatic N) is 2. The van der Waals surface area contributed by atoms with Crippen LogP contribution < -0.4 is 14.8 Å². The summed E-state index contributed by atoms with van der Waals surface area (Å²) in [4.78, 5) is 0. The van der Waals surface area contributed by atoms with E-state index < -0.39 is 0 Å². The average molecular weight is 398 g/mol. The molecule has 0 bridgehead atoms. The van der Waals surface area contributed by atoms with Gasteiger partial charge in [0, 0.05) is 22.7 Å². The van der Waals surface area contributed by atoms with Gasteiger partial charge in [0.1, 0.15) is 5.82 Å². The van der Waals surface area contributed by atoms with Gasteiger partial charge in [0.05, 0.1) is 25.6 Å². The van der Waals surface area contributed by atoms with Crippen LogP contribution in [0.15, 0.2) is 36.4 Å². The predicted octanol–water partition coefficient (Wildman–Crippen LogP) is 5.27. The molecule has 28 heavy (non-hydrogen) atoms. The molecule has 0 unspecified atom stereocenters. The Morgan fingerprint density at radius 3 is 2.61 bits per heavy atom. The number of hydrogen-bond donors (Lipinski definition) is 1. The third-order valence-electron chi connectivity index (χ3n) is 5.17. The van der Waals surface area contributed by atoms with E-state index in [-0.39, 0.29) is 0 Å². The lowest BCUT2D eigenvalue weighted by atomic mass is 10.0. The lowest BCUT2D eigenvalue weighted by Crippen LogP contribution is -2.08. The molecule has 5 nitrogen and oxygen atoms in total. The average Bonchev–Trinajstić information content (AvgIpc) is 2.88. The van der Waals surface area contributed by atoms with Crippen LogP contribution in [0.3, 0.4) is 0 Å². The summed E-state index contributed by atoms with van der Waals surface area (Å²) in [7, 11) is 3.30. The van der Waals surface area contributed by atoms with Crippen LogP contribution in [-0.2, 0) is 6.42 Å². The van der Waals surface area contributed by atoms with Gasteiger partial charge >= 0.3 is 0 Å². The second-order valence-corrected chi connectivity index (χ2v) is 7.41. The Labute approximate surface area is 170 Å². The van der Waals surface area contributed by atoms with E-state index in [0.717, 1.165) is 59.2 Å². The van der Waals surface area contributed by atoms with Gasteiger partial charge in [-0.15, -0.1) is 0 Å². The molecular weight excluding hydrogens is 374 g/mol. The van der Waals surface area contributed by atoms with Crippen LogP contribution in [0.25, 0.3) is 16.9 Å². The van der Waals surface area contributed by atoms with Gasteiger partial charge in [-0.05, 0) is 68.1 Å². The highest BCUT2D eigenvalue weighted by molar-refractivity contribution is 6.30. The number of nitrogens with one attached hydrogen (secondary N) is 1. The Hall–Kier alpha value is -2.66. The molecule has 6 heteroatoms. The van der Waals surface area contributed by atoms with Crippen molar-refractivity contribution < 1.29 is 9.47 Å². The number of aromatic nitrogens is 2. The second kappa shape index (κ2) is 7.76. The molecule has 146 valence electrons. The summed E-state index contributed by atoms with van der Waals surface area (Å²) in [5, 5.41) is 9.33. The lowest BCUT2D eigenvalue weighted by molar-refractivity contribution is 0.355. The highest BCUT2D eigenvalue weighted by Gasteiger charge is 2.23. The van der Waals surface area contributed by atoms with Crippen molar-refractivity contribution >= 4 is 17.4 Å². The molecule has 1 aliphatic rings. The van der Waals surface area contributed by atoms with Crippen LogP contribution in [0.1, 0.15) is 24.0 Å². The number of fused-ring (bicyclic) bond motifs is 1. The minimum atomic E-state index is 0.701. The van der Waals surface area contributed by atoms with Crippen molar-refractivity contribution in [3.63, 3.8) is 0 Å². The van der Waals surface area contributed by atoms with Crippen molar-refractivity contribution in [2.24, 2.45) is 0 Å². The fraction of sp³-hybridized carbons (Fsp3) is 0.318. The molecule has 4 rings (SSSR count). The van der Waals surface area contributed by atoms with Crippen molar-refractivity contribution in [1.82, 2.24) is 9.78 Å². The van der Waals surface area contributed by atoms with Gasteiger partial charge in [0.15, 0.2) is 11.5 Å². The summed E-state index contributed by atoms with van der Waals surface area (Å²) in [6.45, 7) is 3.00. The van der Waals surface area contributed by atoms with E-state index in [9.17, 15) is 0 Å². The van der Waals surface area contributed by atoms with E-state index >= 15 is 0 Å². The van der Waals surface area contributed by atoms with Crippen LogP contribution in [0, 0.1) is 6.92 Å². The summed E-state index contributed by atoms with van der Waals surface area (Å²) >= 11 is 6.17. The number of benzene rings is 2. The molecule has 0 fully saturated rings. The van der Waals surface area contributed by atoms with E-state index in [1.54, 1.807) is 14.2 Å². The summed E-state index contributed by atoms with van der Waals surface area (Å²) < 4.78 is 12.9. The maximum atomic E-state index is 6.17. The van der Waals surface area contributed by atoms with Gasteiger partial charge < -0.3 is 14.8 Å². The van der Waals surface area contributed by atoms with E-state index in [1.165, 1.54) is 5.56 Å². The fourth-order valence-electron chi connectivity index (χ4n) is 3.75. The predicted molar refractivity (Wildman–Crippen MR) is 113 cm³/mol. The minimum Gasteiger partial charge on any atom is -0.493 e. The molecule has 0 atom stereocenters. The van der Waals surface area contributed by atoms with Crippen LogP contribution in [0.4, 0.5) is 5.82 Å². The number of aryl methyl sites for hydroxylation is 1. The zero-order valence-corrected chi connectivity index (χ0v) is 17.1. The standard InChI is InChI=1S/C22H24ClN3O2/c1-14-12-16(23)8-9-18(14)26-22-17(6-4-5-11-24-22)21(25-26)15-7-10-19(27-2)20(13-15)28-3/h7-10,12-13,24H,4-6,11H2,1-3H3. The number of methoxy groups -OCH3 is 2. The van der Waals surface area contributed by atoms with Gasteiger partial charge in [-0.1, -0.05) is 11.6 Å². The molecule has 1 aliphatic heterocycles. The van der Waals surface area contributed by atoms with E-state index in [1.807, 2.05) is 41.1 Å². The van der Waals surface area contributed by atoms with Crippen molar-refractivity contribution in [3.8, 4) is 28.4 Å². The molecule has 0 amide bonds. The zero-order valence-electron chi connectivity index (χ0n) is 16.4. The van der Waals surface area contributed by atoms with E-state index in [4.69, 9.17) is 26.2 Å². The van der Waals surface area contributed by atoms with Crippen LogP contribution in [0.5, 0.6) is 11.5 Å². The topological polar surface area (TPSA) is 48.3 Å². The molecule has 0 saturated heterocycles. The van der Waals surface area contributed by atoms with Crippen molar-refractivity contribution in [1.29, 1.82) is 0 Å². The highest BCUT2D eigenvalue weighted by Crippen LogP contribution is 2.38. The van der Waals surface area contributed by atoms with Crippen LogP contribution in [0.2, 0.25) is 5.02 Å². The van der Waals surface area contributed by atoms with Gasteiger partial charge in [0.2, 0.25) is 0 Å². The lowest BCUT2D eigenvalue weighted by Gasteiger charge is -2.11. The first-order chi connectivity index (χ1) is 13.6. The fourth-order valence-corrected chi connectivity index (χ4v) is 3.98. The maximum Gasteiger partial charge on any atom is 0.161 e. The summed E-state index contributed by atoms with van der Waals surface area (Å²) in [6, 6.07) is 11.9. The Bertz CT molecular complexity index is 1010. The van der Waals surface area contributed by atoms with Crippen molar-refractivity contribution in [3.05, 3.63) is 52.5 Å². The highest BCUT2D eigenvalue weighted by atomic mass is 35.5.